The molecule has 16 heavy (non-hydrogen) atoms. The van der Waals surface area contributed by atoms with E-state index in [-0.39, 0.29) is 5.91 Å². The van der Waals surface area contributed by atoms with E-state index in [1.807, 2.05) is 31.2 Å². The van der Waals surface area contributed by atoms with Crippen molar-refractivity contribution in [2.24, 2.45) is 0 Å². The number of pyridine rings is 1. The standard InChI is InChI=1S/C12H17N3O/c1-9-7-11(15-12(13)8-9)5-3-4-6-14-10(2)16/h3,5,7-8H,4,6H2,1-2H3,(H2,13,15)(H,14,16). The topological polar surface area (TPSA) is 68.0 Å². The monoisotopic (exact) mass is 219 g/mol. The van der Waals surface area contributed by atoms with Gasteiger partial charge in [0.25, 0.3) is 0 Å². The van der Waals surface area contributed by atoms with Gasteiger partial charge in [-0.2, -0.15) is 0 Å². The average Bonchev–Trinajstić information content (AvgIpc) is 2.15. The lowest BCUT2D eigenvalue weighted by Gasteiger charge is -1.99. The SMILES string of the molecule is CC(=O)NCCC=Cc1cc(C)cc(N)n1. The summed E-state index contributed by atoms with van der Waals surface area (Å²) in [5.41, 5.74) is 7.57. The van der Waals surface area contributed by atoms with E-state index in [2.05, 4.69) is 10.3 Å². The van der Waals surface area contributed by atoms with Crippen LogP contribution < -0.4 is 11.1 Å². The maximum absolute atomic E-state index is 10.6. The summed E-state index contributed by atoms with van der Waals surface area (Å²) in [5.74, 6) is 0.521. The summed E-state index contributed by atoms with van der Waals surface area (Å²) in [6.07, 6.45) is 4.66. The molecule has 1 rings (SSSR count). The Morgan fingerprint density at radius 3 is 2.94 bits per heavy atom. The van der Waals surface area contributed by atoms with Crippen molar-refractivity contribution in [2.75, 3.05) is 12.3 Å². The van der Waals surface area contributed by atoms with E-state index < -0.39 is 0 Å². The summed E-state index contributed by atoms with van der Waals surface area (Å²) in [4.78, 5) is 14.8. The third-order valence-corrected chi connectivity index (χ3v) is 1.98. The molecule has 0 spiro atoms. The summed E-state index contributed by atoms with van der Waals surface area (Å²) in [5, 5.41) is 2.72. The van der Waals surface area contributed by atoms with E-state index >= 15 is 0 Å². The first-order chi connectivity index (χ1) is 7.58. The van der Waals surface area contributed by atoms with Crippen LogP contribution in [0.1, 0.15) is 24.6 Å². The number of hydrogen-bond donors (Lipinski definition) is 2. The molecule has 0 aliphatic carbocycles. The van der Waals surface area contributed by atoms with Gasteiger partial charge < -0.3 is 11.1 Å². The van der Waals surface area contributed by atoms with Crippen LogP contribution >= 0.6 is 0 Å². The fourth-order valence-corrected chi connectivity index (χ4v) is 1.34. The molecule has 1 aromatic heterocycles. The number of hydrogen-bond acceptors (Lipinski definition) is 3. The van der Waals surface area contributed by atoms with E-state index in [1.54, 1.807) is 0 Å². The second-order valence-electron chi connectivity index (χ2n) is 3.67. The minimum Gasteiger partial charge on any atom is -0.384 e. The van der Waals surface area contributed by atoms with Crippen LogP contribution in [0.15, 0.2) is 18.2 Å². The molecular formula is C12H17N3O. The highest BCUT2D eigenvalue weighted by atomic mass is 16.1. The molecule has 1 amide bonds. The number of nitrogens with zero attached hydrogens (tertiary/aromatic N) is 1. The summed E-state index contributed by atoms with van der Waals surface area (Å²) in [6.45, 7) is 4.13. The van der Waals surface area contributed by atoms with E-state index in [0.717, 1.165) is 17.7 Å². The maximum atomic E-state index is 10.6. The molecule has 0 aromatic carbocycles. The van der Waals surface area contributed by atoms with Gasteiger partial charge in [0, 0.05) is 13.5 Å². The first-order valence-corrected chi connectivity index (χ1v) is 5.23. The maximum Gasteiger partial charge on any atom is 0.216 e. The Morgan fingerprint density at radius 2 is 2.31 bits per heavy atom. The Balaban J connectivity index is 2.46. The van der Waals surface area contributed by atoms with Gasteiger partial charge in [-0.15, -0.1) is 0 Å². The quantitative estimate of drug-likeness (QED) is 0.754. The normalized spacial score (nSPS) is 10.6. The second-order valence-corrected chi connectivity index (χ2v) is 3.67. The fraction of sp³-hybridized carbons (Fsp3) is 0.333. The highest BCUT2D eigenvalue weighted by Gasteiger charge is 1.93. The number of anilines is 1. The Bertz CT molecular complexity index is 379. The third kappa shape index (κ3) is 4.59. The lowest BCUT2D eigenvalue weighted by Crippen LogP contribution is -2.20. The van der Waals surface area contributed by atoms with Crippen molar-refractivity contribution < 1.29 is 4.79 Å². The molecule has 0 aliphatic rings. The van der Waals surface area contributed by atoms with Crippen LogP contribution in [0.4, 0.5) is 5.82 Å². The molecule has 3 N–H and O–H groups in total. The zero-order chi connectivity index (χ0) is 12.0. The van der Waals surface area contributed by atoms with Crippen LogP contribution in [-0.2, 0) is 4.79 Å². The Labute approximate surface area is 95.6 Å². The summed E-state index contributed by atoms with van der Waals surface area (Å²) >= 11 is 0. The second kappa shape index (κ2) is 5.90. The minimum atomic E-state index is -0.00803. The van der Waals surface area contributed by atoms with Gasteiger partial charge in [0.1, 0.15) is 5.82 Å². The van der Waals surface area contributed by atoms with E-state index in [9.17, 15) is 4.79 Å². The molecule has 4 nitrogen and oxygen atoms in total. The van der Waals surface area contributed by atoms with Crippen molar-refractivity contribution in [1.82, 2.24) is 10.3 Å². The molecule has 1 heterocycles. The van der Waals surface area contributed by atoms with Gasteiger partial charge in [-0.3, -0.25) is 4.79 Å². The van der Waals surface area contributed by atoms with Crippen LogP contribution in [0, 0.1) is 6.92 Å². The number of nitrogens with one attached hydrogen (secondary N) is 1. The van der Waals surface area contributed by atoms with Crippen LogP contribution in [0.2, 0.25) is 0 Å². The van der Waals surface area contributed by atoms with Gasteiger partial charge in [0.05, 0.1) is 5.69 Å². The molecule has 0 saturated heterocycles. The van der Waals surface area contributed by atoms with E-state index in [4.69, 9.17) is 5.73 Å². The van der Waals surface area contributed by atoms with Crippen molar-refractivity contribution in [3.63, 3.8) is 0 Å². The number of amides is 1. The predicted molar refractivity (Wildman–Crippen MR) is 65.7 cm³/mol. The van der Waals surface area contributed by atoms with Gasteiger partial charge in [0.15, 0.2) is 0 Å². The lowest BCUT2D eigenvalue weighted by atomic mass is 10.2. The molecule has 86 valence electrons. The highest BCUT2D eigenvalue weighted by Crippen LogP contribution is 2.07. The number of aryl methyl sites for hydroxylation is 1. The van der Waals surface area contributed by atoms with Gasteiger partial charge in [-0.05, 0) is 37.1 Å². The minimum absolute atomic E-state index is 0.00803. The van der Waals surface area contributed by atoms with Gasteiger partial charge in [-0.1, -0.05) is 6.08 Å². The van der Waals surface area contributed by atoms with E-state index in [1.165, 1.54) is 6.92 Å². The predicted octanol–water partition coefficient (Wildman–Crippen LogP) is 1.51. The molecule has 4 heteroatoms. The van der Waals surface area contributed by atoms with Crippen LogP contribution in [0.25, 0.3) is 6.08 Å². The van der Waals surface area contributed by atoms with Crippen LogP contribution in [0.3, 0.4) is 0 Å². The zero-order valence-electron chi connectivity index (χ0n) is 9.66. The molecule has 0 bridgehead atoms. The average molecular weight is 219 g/mol. The van der Waals surface area contributed by atoms with Crippen LogP contribution in [-0.4, -0.2) is 17.4 Å². The van der Waals surface area contributed by atoms with Crippen molar-refractivity contribution in [1.29, 1.82) is 0 Å². The number of aromatic nitrogens is 1. The number of nitrogens with two attached hydrogens (primary N) is 1. The van der Waals surface area contributed by atoms with Crippen molar-refractivity contribution >= 4 is 17.8 Å². The molecule has 0 atom stereocenters. The van der Waals surface area contributed by atoms with Crippen molar-refractivity contribution in [3.8, 4) is 0 Å². The largest absolute Gasteiger partial charge is 0.384 e. The summed E-state index contributed by atoms with van der Waals surface area (Å²) in [6, 6.07) is 3.79. The highest BCUT2D eigenvalue weighted by molar-refractivity contribution is 5.72. The molecule has 1 aromatic rings. The van der Waals surface area contributed by atoms with E-state index in [0.29, 0.717) is 12.4 Å². The molecule has 0 radical (unpaired) electrons. The number of rotatable bonds is 4. The lowest BCUT2D eigenvalue weighted by molar-refractivity contribution is -0.118. The van der Waals surface area contributed by atoms with Crippen molar-refractivity contribution in [3.05, 3.63) is 29.5 Å². The number of carbonyl (C=O) groups is 1. The molecular weight excluding hydrogens is 202 g/mol. The number of nitrogen functional groups attached to an aromatic ring is 1. The fourth-order valence-electron chi connectivity index (χ4n) is 1.34. The number of carbonyl (C=O) groups excluding carboxylic acids is 1. The first kappa shape index (κ1) is 12.2. The summed E-state index contributed by atoms with van der Waals surface area (Å²) < 4.78 is 0. The zero-order valence-corrected chi connectivity index (χ0v) is 9.66. The third-order valence-electron chi connectivity index (χ3n) is 1.98. The smallest absolute Gasteiger partial charge is 0.216 e. The van der Waals surface area contributed by atoms with Gasteiger partial charge >= 0.3 is 0 Å². The molecule has 0 aliphatic heterocycles. The molecule has 0 saturated carbocycles. The van der Waals surface area contributed by atoms with Gasteiger partial charge in [-0.25, -0.2) is 4.98 Å². The van der Waals surface area contributed by atoms with Crippen molar-refractivity contribution in [2.45, 2.75) is 20.3 Å². The Hall–Kier alpha value is -1.84. The van der Waals surface area contributed by atoms with Crippen LogP contribution in [0.5, 0.6) is 0 Å². The Kier molecular flexibility index (Phi) is 4.51. The first-order valence-electron chi connectivity index (χ1n) is 5.23. The Morgan fingerprint density at radius 1 is 1.56 bits per heavy atom. The molecule has 0 unspecified atom stereocenters. The summed E-state index contributed by atoms with van der Waals surface area (Å²) in [7, 11) is 0. The molecule has 0 fully saturated rings. The van der Waals surface area contributed by atoms with Gasteiger partial charge in [0.2, 0.25) is 5.91 Å².